The Morgan fingerprint density at radius 1 is 1.36 bits per heavy atom. The highest BCUT2D eigenvalue weighted by Gasteiger charge is 2.37. The van der Waals surface area contributed by atoms with Crippen molar-refractivity contribution in [1.29, 1.82) is 0 Å². The van der Waals surface area contributed by atoms with E-state index in [4.69, 9.17) is 0 Å². The monoisotopic (exact) mass is 209 g/mol. The fourth-order valence-electron chi connectivity index (χ4n) is 1.83. The molecule has 1 saturated carbocycles. The molecule has 1 unspecified atom stereocenters. The van der Waals surface area contributed by atoms with Gasteiger partial charge in [0.1, 0.15) is 0 Å². The van der Waals surface area contributed by atoms with E-state index >= 15 is 0 Å². The third-order valence-corrected chi connectivity index (χ3v) is 2.83. The van der Waals surface area contributed by atoms with Crippen LogP contribution in [0.2, 0.25) is 0 Å². The number of hydrogen-bond acceptors (Lipinski definition) is 1. The molecular weight excluding hydrogens is 191 g/mol. The molecule has 0 aromatic rings. The molecule has 0 saturated heterocycles. The zero-order valence-corrected chi connectivity index (χ0v) is 8.53. The van der Waals surface area contributed by atoms with E-state index in [-0.39, 0.29) is 12.0 Å². The van der Waals surface area contributed by atoms with E-state index in [0.717, 1.165) is 25.7 Å². The largest absolute Gasteiger partial charge is 0.390 e. The van der Waals surface area contributed by atoms with Crippen LogP contribution in [0.5, 0.6) is 0 Å². The summed E-state index contributed by atoms with van der Waals surface area (Å²) < 4.78 is 36.6. The lowest BCUT2D eigenvalue weighted by Gasteiger charge is -2.35. The molecule has 0 aromatic heterocycles. The van der Waals surface area contributed by atoms with Crippen molar-refractivity contribution in [3.63, 3.8) is 0 Å². The Morgan fingerprint density at radius 2 is 2.00 bits per heavy atom. The predicted molar refractivity (Wildman–Crippen MR) is 50.1 cm³/mol. The molecule has 1 rings (SSSR count). The van der Waals surface area contributed by atoms with Gasteiger partial charge in [0.05, 0.1) is 6.42 Å². The molecule has 0 spiro atoms. The van der Waals surface area contributed by atoms with Gasteiger partial charge >= 0.3 is 6.18 Å². The van der Waals surface area contributed by atoms with Crippen LogP contribution in [0.4, 0.5) is 13.2 Å². The van der Waals surface area contributed by atoms with Crippen LogP contribution in [0.15, 0.2) is 0 Å². The summed E-state index contributed by atoms with van der Waals surface area (Å²) in [5.74, 6) is 0.253. The molecule has 84 valence electrons. The second-order valence-electron chi connectivity index (χ2n) is 4.07. The molecule has 1 aliphatic rings. The van der Waals surface area contributed by atoms with E-state index in [2.05, 4.69) is 5.32 Å². The fourth-order valence-corrected chi connectivity index (χ4v) is 1.83. The molecule has 1 nitrogen and oxygen atoms in total. The van der Waals surface area contributed by atoms with Gasteiger partial charge in [-0.3, -0.25) is 0 Å². The van der Waals surface area contributed by atoms with Crippen molar-refractivity contribution in [3.8, 4) is 0 Å². The van der Waals surface area contributed by atoms with Crippen LogP contribution in [0, 0.1) is 5.92 Å². The summed E-state index contributed by atoms with van der Waals surface area (Å²) >= 11 is 0. The van der Waals surface area contributed by atoms with Crippen LogP contribution < -0.4 is 5.32 Å². The quantitative estimate of drug-likeness (QED) is 0.733. The highest BCUT2D eigenvalue weighted by Crippen LogP contribution is 2.34. The Bertz CT molecular complexity index is 163. The van der Waals surface area contributed by atoms with Gasteiger partial charge in [0, 0.05) is 6.04 Å². The molecule has 1 fully saturated rings. The Kier molecular flexibility index (Phi) is 4.23. The van der Waals surface area contributed by atoms with Gasteiger partial charge in [0.2, 0.25) is 0 Å². The molecule has 0 aromatic carbocycles. The third kappa shape index (κ3) is 3.86. The maximum atomic E-state index is 12.2. The van der Waals surface area contributed by atoms with Crippen LogP contribution >= 0.6 is 0 Å². The first-order valence-electron chi connectivity index (χ1n) is 5.33. The number of halogens is 3. The Hall–Kier alpha value is -0.250. The Labute approximate surface area is 83.1 Å². The standard InChI is InChI=1S/C10H18F3N/c1-2-6-14-9(7-10(11,12)13)8-4-3-5-8/h8-9,14H,2-7H2,1H3. The molecule has 1 N–H and O–H groups in total. The fraction of sp³-hybridized carbons (Fsp3) is 1.00. The molecule has 4 heteroatoms. The predicted octanol–water partition coefficient (Wildman–Crippen LogP) is 3.11. The van der Waals surface area contributed by atoms with Gasteiger partial charge in [0.15, 0.2) is 0 Å². The van der Waals surface area contributed by atoms with Crippen LogP contribution in [0.3, 0.4) is 0 Å². The molecule has 0 amide bonds. The van der Waals surface area contributed by atoms with Gasteiger partial charge < -0.3 is 5.32 Å². The molecule has 0 heterocycles. The lowest BCUT2D eigenvalue weighted by Crippen LogP contribution is -2.42. The normalized spacial score (nSPS) is 20.6. The third-order valence-electron chi connectivity index (χ3n) is 2.83. The minimum atomic E-state index is -4.03. The van der Waals surface area contributed by atoms with E-state index in [1.54, 1.807) is 0 Å². The van der Waals surface area contributed by atoms with E-state index in [1.165, 1.54) is 0 Å². The smallest absolute Gasteiger partial charge is 0.313 e. The van der Waals surface area contributed by atoms with Gasteiger partial charge in [0.25, 0.3) is 0 Å². The summed E-state index contributed by atoms with van der Waals surface area (Å²) in [7, 11) is 0. The van der Waals surface area contributed by atoms with E-state index < -0.39 is 12.6 Å². The van der Waals surface area contributed by atoms with Crippen molar-refractivity contribution in [2.45, 2.75) is 51.2 Å². The summed E-state index contributed by atoms with van der Waals surface area (Å²) in [4.78, 5) is 0. The van der Waals surface area contributed by atoms with Crippen molar-refractivity contribution in [3.05, 3.63) is 0 Å². The molecular formula is C10H18F3N. The summed E-state index contributed by atoms with van der Waals surface area (Å²) in [5, 5.41) is 3.01. The topological polar surface area (TPSA) is 12.0 Å². The first kappa shape index (κ1) is 11.8. The number of alkyl halides is 3. The second-order valence-corrected chi connectivity index (χ2v) is 4.07. The maximum absolute atomic E-state index is 12.2. The van der Waals surface area contributed by atoms with Crippen LogP contribution in [0.25, 0.3) is 0 Å². The first-order valence-corrected chi connectivity index (χ1v) is 5.33. The summed E-state index contributed by atoms with van der Waals surface area (Å²) in [5.41, 5.74) is 0. The van der Waals surface area contributed by atoms with Crippen molar-refractivity contribution < 1.29 is 13.2 Å². The van der Waals surface area contributed by atoms with Gasteiger partial charge in [-0.2, -0.15) is 13.2 Å². The Balaban J connectivity index is 2.35. The SMILES string of the molecule is CCCNC(CC(F)(F)F)C1CCC1. The second kappa shape index (κ2) is 5.01. The molecule has 1 aliphatic carbocycles. The molecule has 0 radical (unpaired) electrons. The van der Waals surface area contributed by atoms with Crippen LogP contribution in [-0.4, -0.2) is 18.8 Å². The molecule has 1 atom stereocenters. The van der Waals surface area contributed by atoms with Crippen molar-refractivity contribution in [2.75, 3.05) is 6.54 Å². The van der Waals surface area contributed by atoms with E-state index in [1.807, 2.05) is 6.92 Å². The van der Waals surface area contributed by atoms with Gasteiger partial charge in [-0.1, -0.05) is 13.3 Å². The zero-order valence-electron chi connectivity index (χ0n) is 8.53. The van der Waals surface area contributed by atoms with Gasteiger partial charge in [-0.15, -0.1) is 0 Å². The molecule has 0 bridgehead atoms. The lowest BCUT2D eigenvalue weighted by molar-refractivity contribution is -0.144. The lowest BCUT2D eigenvalue weighted by atomic mass is 9.78. The number of hydrogen-bond donors (Lipinski definition) is 1. The van der Waals surface area contributed by atoms with E-state index in [0.29, 0.717) is 6.54 Å². The highest BCUT2D eigenvalue weighted by atomic mass is 19.4. The van der Waals surface area contributed by atoms with Crippen LogP contribution in [-0.2, 0) is 0 Å². The van der Waals surface area contributed by atoms with Gasteiger partial charge in [-0.05, 0) is 31.7 Å². The van der Waals surface area contributed by atoms with Crippen molar-refractivity contribution in [1.82, 2.24) is 5.32 Å². The highest BCUT2D eigenvalue weighted by molar-refractivity contribution is 4.84. The molecule has 14 heavy (non-hydrogen) atoms. The van der Waals surface area contributed by atoms with Crippen LogP contribution in [0.1, 0.15) is 39.0 Å². The minimum absolute atomic E-state index is 0.253. The van der Waals surface area contributed by atoms with Crippen molar-refractivity contribution in [2.24, 2.45) is 5.92 Å². The summed E-state index contributed by atoms with van der Waals surface area (Å²) in [6.07, 6.45) is -0.804. The average Bonchev–Trinajstić information content (AvgIpc) is 1.93. The van der Waals surface area contributed by atoms with Crippen molar-refractivity contribution >= 4 is 0 Å². The average molecular weight is 209 g/mol. The first-order chi connectivity index (χ1) is 6.53. The maximum Gasteiger partial charge on any atom is 0.390 e. The summed E-state index contributed by atoms with van der Waals surface area (Å²) in [6, 6.07) is -0.344. The zero-order chi connectivity index (χ0) is 10.6. The number of nitrogens with one attached hydrogen (secondary N) is 1. The van der Waals surface area contributed by atoms with Gasteiger partial charge in [-0.25, -0.2) is 0 Å². The minimum Gasteiger partial charge on any atom is -0.313 e. The van der Waals surface area contributed by atoms with E-state index in [9.17, 15) is 13.2 Å². The number of rotatable bonds is 5. The Morgan fingerprint density at radius 3 is 2.36 bits per heavy atom. The molecule has 0 aliphatic heterocycles. The summed E-state index contributed by atoms with van der Waals surface area (Å²) in [6.45, 7) is 2.66.